The fraction of sp³-hybridized carbons (Fsp3) is 0.385. The molecule has 0 radical (unpaired) electrons. The second-order valence-electron chi connectivity index (χ2n) is 9.52. The number of Topliss-reactive ketones (excluding diaryl/α,β-unsaturated/α-hetero) is 1. The number of fused-ring (bicyclic) bond motifs is 2. The maximum atomic E-state index is 13.2. The largest absolute Gasteiger partial charge is 0.482 e. The summed E-state index contributed by atoms with van der Waals surface area (Å²) >= 11 is 0. The summed E-state index contributed by atoms with van der Waals surface area (Å²) < 4.78 is 31.9. The van der Waals surface area contributed by atoms with Gasteiger partial charge in [-0.3, -0.25) is 14.4 Å². The number of ketones is 1. The Hall–Kier alpha value is -3.15. The monoisotopic (exact) mass is 477 g/mol. The number of ether oxygens (including phenoxy) is 1. The predicted octanol–water partition coefficient (Wildman–Crippen LogP) is 3.45. The zero-order valence-corrected chi connectivity index (χ0v) is 20.0. The molecule has 7 nitrogen and oxygen atoms in total. The standard InChI is InChI=1S/C26H27N3O4S/c1-17-25(30)23-15-21(28-34(2,31)32)6-8-24(23)33-26(17)9-11-29(12-10-26)22-7-5-19-13-18(16-27)3-4-20(19)14-22/h3-4,6,8,13,15,22,28H,1,5,7,9-12,14H2,2H3/t22-/m0/s1. The van der Waals surface area contributed by atoms with Crippen LogP contribution in [0.15, 0.2) is 48.6 Å². The first-order valence-corrected chi connectivity index (χ1v) is 13.4. The number of nitrogens with zero attached hydrogens (tertiary/aromatic N) is 2. The quantitative estimate of drug-likeness (QED) is 0.680. The Morgan fingerprint density at radius 1 is 1.18 bits per heavy atom. The normalized spacial score (nSPS) is 21.8. The summed E-state index contributed by atoms with van der Waals surface area (Å²) in [5, 5.41) is 9.15. The van der Waals surface area contributed by atoms with Crippen LogP contribution >= 0.6 is 0 Å². The van der Waals surface area contributed by atoms with Gasteiger partial charge in [0.1, 0.15) is 11.4 Å². The van der Waals surface area contributed by atoms with Crippen molar-refractivity contribution < 1.29 is 17.9 Å². The number of nitriles is 1. The minimum atomic E-state index is -3.45. The first kappa shape index (κ1) is 22.6. The highest BCUT2D eigenvalue weighted by molar-refractivity contribution is 7.92. The Morgan fingerprint density at radius 3 is 2.65 bits per heavy atom. The van der Waals surface area contributed by atoms with E-state index in [-0.39, 0.29) is 5.78 Å². The van der Waals surface area contributed by atoms with E-state index in [9.17, 15) is 13.2 Å². The second kappa shape index (κ2) is 8.26. The number of hydrogen-bond donors (Lipinski definition) is 1. The van der Waals surface area contributed by atoms with E-state index in [1.54, 1.807) is 12.1 Å². The van der Waals surface area contributed by atoms with Gasteiger partial charge < -0.3 is 4.74 Å². The topological polar surface area (TPSA) is 99.5 Å². The maximum absolute atomic E-state index is 13.2. The Labute approximate surface area is 200 Å². The van der Waals surface area contributed by atoms with Gasteiger partial charge in [0.15, 0.2) is 5.78 Å². The molecule has 34 heavy (non-hydrogen) atoms. The molecule has 1 fully saturated rings. The molecule has 0 aromatic heterocycles. The van der Waals surface area contributed by atoms with Crippen LogP contribution in [-0.4, -0.2) is 50.1 Å². The summed E-state index contributed by atoms with van der Waals surface area (Å²) in [6.45, 7) is 5.72. The maximum Gasteiger partial charge on any atom is 0.229 e. The van der Waals surface area contributed by atoms with Crippen molar-refractivity contribution in [3.8, 4) is 11.8 Å². The van der Waals surface area contributed by atoms with Crippen LogP contribution in [0.4, 0.5) is 5.69 Å². The molecule has 176 valence electrons. The summed E-state index contributed by atoms with van der Waals surface area (Å²) in [5.74, 6) is 0.288. The molecule has 3 aliphatic rings. The molecule has 0 saturated carbocycles. The van der Waals surface area contributed by atoms with Crippen LogP contribution in [-0.2, 0) is 22.9 Å². The molecule has 2 heterocycles. The third-order valence-electron chi connectivity index (χ3n) is 7.32. The summed E-state index contributed by atoms with van der Waals surface area (Å²) in [7, 11) is -3.45. The molecular weight excluding hydrogens is 450 g/mol. The van der Waals surface area contributed by atoms with E-state index in [2.05, 4.69) is 28.3 Å². The van der Waals surface area contributed by atoms with Crippen molar-refractivity contribution in [2.75, 3.05) is 24.1 Å². The van der Waals surface area contributed by atoms with E-state index < -0.39 is 15.6 Å². The van der Waals surface area contributed by atoms with Gasteiger partial charge in [0.2, 0.25) is 10.0 Å². The molecule has 2 aromatic rings. The zero-order chi connectivity index (χ0) is 24.1. The minimum Gasteiger partial charge on any atom is -0.482 e. The number of sulfonamides is 1. The fourth-order valence-corrected chi connectivity index (χ4v) is 6.04. The molecule has 2 aromatic carbocycles. The number of carbonyl (C=O) groups is 1. The van der Waals surface area contributed by atoms with Gasteiger partial charge in [-0.2, -0.15) is 5.26 Å². The number of hydrogen-bond acceptors (Lipinski definition) is 6. The van der Waals surface area contributed by atoms with Crippen LogP contribution in [0.1, 0.15) is 46.3 Å². The van der Waals surface area contributed by atoms with Gasteiger partial charge in [-0.15, -0.1) is 0 Å². The summed E-state index contributed by atoms with van der Waals surface area (Å²) in [4.78, 5) is 15.7. The lowest BCUT2D eigenvalue weighted by molar-refractivity contribution is 0.00851. The van der Waals surface area contributed by atoms with Gasteiger partial charge in [-0.1, -0.05) is 12.6 Å². The minimum absolute atomic E-state index is 0.188. The Balaban J connectivity index is 1.30. The zero-order valence-electron chi connectivity index (χ0n) is 19.1. The van der Waals surface area contributed by atoms with Crippen LogP contribution in [0.25, 0.3) is 0 Å². The average Bonchev–Trinajstić information content (AvgIpc) is 2.82. The summed E-state index contributed by atoms with van der Waals surface area (Å²) in [6.07, 6.45) is 5.41. The van der Waals surface area contributed by atoms with Gasteiger partial charge >= 0.3 is 0 Å². The van der Waals surface area contributed by atoms with Crippen molar-refractivity contribution in [1.29, 1.82) is 5.26 Å². The van der Waals surface area contributed by atoms with Crippen LogP contribution < -0.4 is 9.46 Å². The Bertz CT molecular complexity index is 1330. The van der Waals surface area contributed by atoms with E-state index in [0.717, 1.165) is 38.6 Å². The van der Waals surface area contributed by atoms with Crippen molar-refractivity contribution in [1.82, 2.24) is 4.90 Å². The van der Waals surface area contributed by atoms with Crippen molar-refractivity contribution in [3.05, 3.63) is 70.8 Å². The molecule has 1 aliphatic carbocycles. The van der Waals surface area contributed by atoms with E-state index in [4.69, 9.17) is 10.00 Å². The third kappa shape index (κ3) is 4.10. The predicted molar refractivity (Wildman–Crippen MR) is 130 cm³/mol. The van der Waals surface area contributed by atoms with Crippen LogP contribution in [0.2, 0.25) is 0 Å². The van der Waals surface area contributed by atoms with E-state index in [1.165, 1.54) is 17.2 Å². The van der Waals surface area contributed by atoms with Gasteiger partial charge in [0.05, 0.1) is 23.5 Å². The van der Waals surface area contributed by atoms with Gasteiger partial charge in [0, 0.05) is 43.2 Å². The SMILES string of the molecule is C=C1C(=O)c2cc(NS(C)(=O)=O)ccc2OC12CCN([C@H]1CCc3cc(C#N)ccc3C1)CC2. The lowest BCUT2D eigenvalue weighted by Gasteiger charge is -2.47. The number of nitrogens with one attached hydrogen (secondary N) is 1. The van der Waals surface area contributed by atoms with Crippen molar-refractivity contribution in [2.45, 2.75) is 43.7 Å². The average molecular weight is 478 g/mol. The molecule has 2 aliphatic heterocycles. The number of likely N-dealkylation sites (tertiary alicyclic amines) is 1. The molecule has 1 saturated heterocycles. The summed E-state index contributed by atoms with van der Waals surface area (Å²) in [5.41, 5.74) is 3.70. The van der Waals surface area contributed by atoms with Gasteiger partial charge in [-0.25, -0.2) is 8.42 Å². The Morgan fingerprint density at radius 2 is 1.94 bits per heavy atom. The molecule has 5 rings (SSSR count). The van der Waals surface area contributed by atoms with Gasteiger partial charge in [0.25, 0.3) is 0 Å². The molecule has 0 unspecified atom stereocenters. The van der Waals surface area contributed by atoms with E-state index in [1.807, 2.05) is 12.1 Å². The lowest BCUT2D eigenvalue weighted by Crippen LogP contribution is -2.55. The van der Waals surface area contributed by atoms with Crippen LogP contribution in [0, 0.1) is 11.3 Å². The smallest absolute Gasteiger partial charge is 0.229 e. The van der Waals surface area contributed by atoms with Gasteiger partial charge in [-0.05, 0) is 60.7 Å². The number of rotatable bonds is 3. The van der Waals surface area contributed by atoms with Crippen molar-refractivity contribution in [2.24, 2.45) is 0 Å². The van der Waals surface area contributed by atoms with Crippen LogP contribution in [0.3, 0.4) is 0 Å². The highest BCUT2D eigenvalue weighted by Crippen LogP contribution is 2.43. The molecule has 0 amide bonds. The number of carbonyl (C=O) groups excluding carboxylic acids is 1. The molecular formula is C26H27N3O4S. The fourth-order valence-electron chi connectivity index (χ4n) is 5.49. The van der Waals surface area contributed by atoms with Crippen LogP contribution in [0.5, 0.6) is 5.75 Å². The highest BCUT2D eigenvalue weighted by atomic mass is 32.2. The molecule has 8 heteroatoms. The molecule has 1 N–H and O–H groups in total. The Kier molecular flexibility index (Phi) is 5.50. The van der Waals surface area contributed by atoms with E-state index in [0.29, 0.717) is 47.0 Å². The molecule has 1 atom stereocenters. The lowest BCUT2D eigenvalue weighted by atomic mass is 9.77. The molecule has 0 bridgehead atoms. The number of anilines is 1. The highest BCUT2D eigenvalue weighted by Gasteiger charge is 2.47. The van der Waals surface area contributed by atoms with Crippen molar-refractivity contribution >= 4 is 21.5 Å². The first-order chi connectivity index (χ1) is 16.2. The van der Waals surface area contributed by atoms with E-state index >= 15 is 0 Å². The number of piperidine rings is 1. The summed E-state index contributed by atoms with van der Waals surface area (Å²) in [6, 6.07) is 13.4. The third-order valence-corrected chi connectivity index (χ3v) is 7.92. The number of benzene rings is 2. The first-order valence-electron chi connectivity index (χ1n) is 11.5. The second-order valence-corrected chi connectivity index (χ2v) is 11.3. The van der Waals surface area contributed by atoms with Crippen molar-refractivity contribution in [3.63, 3.8) is 0 Å². The number of aryl methyl sites for hydroxylation is 1. The molecule has 1 spiro atoms.